The number of nitrogens with one attached hydrogen (secondary N) is 2. The molecule has 0 bridgehead atoms. The van der Waals surface area contributed by atoms with E-state index in [1.165, 1.54) is 0 Å². The number of aryl methyl sites for hydroxylation is 1. The molecule has 0 saturated carbocycles. The van der Waals surface area contributed by atoms with Gasteiger partial charge < -0.3 is 10.4 Å². The van der Waals surface area contributed by atoms with Gasteiger partial charge in [0.2, 0.25) is 5.69 Å². The van der Waals surface area contributed by atoms with Gasteiger partial charge in [0.05, 0.1) is 10.5 Å². The third kappa shape index (κ3) is 4.01. The normalized spacial score (nSPS) is 11.4. The molecule has 1 aromatic rings. The van der Waals surface area contributed by atoms with Crippen LogP contribution in [0.5, 0.6) is 0 Å². The van der Waals surface area contributed by atoms with Crippen LogP contribution < -0.4 is 5.32 Å². The molecule has 8 nitrogen and oxygen atoms in total. The first kappa shape index (κ1) is 17.1. The van der Waals surface area contributed by atoms with Crippen molar-refractivity contribution in [3.8, 4) is 0 Å². The van der Waals surface area contributed by atoms with Gasteiger partial charge in [-0.15, -0.1) is 0 Å². The van der Waals surface area contributed by atoms with Crippen molar-refractivity contribution in [2.45, 2.75) is 52.1 Å². The molecular weight excluding hydrogens is 276 g/mol. The Morgan fingerprint density at radius 2 is 2.05 bits per heavy atom. The van der Waals surface area contributed by atoms with Crippen molar-refractivity contribution in [1.82, 2.24) is 15.5 Å². The van der Waals surface area contributed by atoms with Gasteiger partial charge in [0.25, 0.3) is 5.91 Å². The first-order valence-electron chi connectivity index (χ1n) is 7.10. The van der Waals surface area contributed by atoms with Crippen molar-refractivity contribution >= 4 is 11.6 Å². The molecule has 0 aliphatic carbocycles. The number of carbonyl (C=O) groups is 1. The third-order valence-electron chi connectivity index (χ3n) is 3.60. The summed E-state index contributed by atoms with van der Waals surface area (Å²) in [6.07, 6.45) is 2.11. The number of carbonyl (C=O) groups excluding carboxylic acids is 1. The molecule has 0 unspecified atom stereocenters. The Labute approximate surface area is 123 Å². The first-order chi connectivity index (χ1) is 9.88. The van der Waals surface area contributed by atoms with Crippen LogP contribution in [0.4, 0.5) is 5.69 Å². The molecule has 8 heteroatoms. The summed E-state index contributed by atoms with van der Waals surface area (Å²) in [6.45, 7) is 5.54. The summed E-state index contributed by atoms with van der Waals surface area (Å²) in [5, 5.41) is 30.0. The Morgan fingerprint density at radius 3 is 2.52 bits per heavy atom. The van der Waals surface area contributed by atoms with E-state index in [9.17, 15) is 20.0 Å². The van der Waals surface area contributed by atoms with Crippen LogP contribution in [0.15, 0.2) is 0 Å². The van der Waals surface area contributed by atoms with Gasteiger partial charge in [-0.2, -0.15) is 5.10 Å². The lowest BCUT2D eigenvalue weighted by Crippen LogP contribution is -2.42. The second-order valence-electron chi connectivity index (χ2n) is 5.02. The molecule has 118 valence electrons. The van der Waals surface area contributed by atoms with E-state index in [2.05, 4.69) is 15.5 Å². The largest absolute Gasteiger partial charge is 0.388 e. The van der Waals surface area contributed by atoms with Gasteiger partial charge in [-0.1, -0.05) is 27.2 Å². The average Bonchev–Trinajstić information content (AvgIpc) is 2.89. The summed E-state index contributed by atoms with van der Waals surface area (Å²) in [5.74, 6) is -0.652. The maximum absolute atomic E-state index is 12.1. The summed E-state index contributed by atoms with van der Waals surface area (Å²) in [4.78, 5) is 22.6. The van der Waals surface area contributed by atoms with Crippen molar-refractivity contribution < 1.29 is 14.8 Å². The Morgan fingerprint density at radius 1 is 1.43 bits per heavy atom. The second-order valence-corrected chi connectivity index (χ2v) is 5.02. The second kappa shape index (κ2) is 7.16. The van der Waals surface area contributed by atoms with Gasteiger partial charge >= 0.3 is 5.69 Å². The average molecular weight is 298 g/mol. The number of aromatic nitrogens is 2. The van der Waals surface area contributed by atoms with Gasteiger partial charge in [-0.25, -0.2) is 0 Å². The predicted molar refractivity (Wildman–Crippen MR) is 77.1 cm³/mol. The van der Waals surface area contributed by atoms with Gasteiger partial charge in [-0.3, -0.25) is 20.0 Å². The van der Waals surface area contributed by atoms with Crippen LogP contribution in [0.25, 0.3) is 0 Å². The summed E-state index contributed by atoms with van der Waals surface area (Å²) in [6, 6.07) is 0. The number of amides is 1. The number of hydrogen-bond acceptors (Lipinski definition) is 5. The molecule has 0 radical (unpaired) electrons. The van der Waals surface area contributed by atoms with Gasteiger partial charge in [0.15, 0.2) is 0 Å². The molecule has 1 heterocycles. The Kier molecular flexibility index (Phi) is 5.83. The molecule has 3 N–H and O–H groups in total. The molecule has 1 amide bonds. The predicted octanol–water partition coefficient (Wildman–Crippen LogP) is 1.55. The summed E-state index contributed by atoms with van der Waals surface area (Å²) in [7, 11) is 0. The standard InChI is InChI=1S/C13H22N4O4/c1-4-7-9-11(17(20)21)10(16-15-9)12(18)14-8-13(19,5-2)6-3/h19H,4-8H2,1-3H3,(H,14,18)(H,15,16). The van der Waals surface area contributed by atoms with Crippen molar-refractivity contribution in [1.29, 1.82) is 0 Å². The zero-order valence-electron chi connectivity index (χ0n) is 12.6. The molecule has 1 aromatic heterocycles. The maximum Gasteiger partial charge on any atom is 0.322 e. The highest BCUT2D eigenvalue weighted by Gasteiger charge is 2.30. The molecule has 0 fully saturated rings. The molecule has 21 heavy (non-hydrogen) atoms. The number of nitrogens with zero attached hydrogens (tertiary/aromatic N) is 2. The van der Waals surface area contributed by atoms with E-state index in [4.69, 9.17) is 0 Å². The van der Waals surface area contributed by atoms with E-state index in [1.54, 1.807) is 0 Å². The van der Waals surface area contributed by atoms with Crippen molar-refractivity contribution in [3.63, 3.8) is 0 Å². The van der Waals surface area contributed by atoms with Crippen LogP contribution in [0, 0.1) is 10.1 Å². The minimum atomic E-state index is -1.01. The number of hydrogen-bond donors (Lipinski definition) is 3. The molecular formula is C13H22N4O4. The van der Waals surface area contributed by atoms with E-state index < -0.39 is 16.4 Å². The van der Waals surface area contributed by atoms with Crippen LogP contribution in [-0.4, -0.2) is 38.3 Å². The lowest BCUT2D eigenvalue weighted by Gasteiger charge is -2.24. The zero-order chi connectivity index (χ0) is 16.0. The van der Waals surface area contributed by atoms with Crippen molar-refractivity contribution in [2.75, 3.05) is 6.54 Å². The molecule has 0 aliphatic rings. The molecule has 0 saturated heterocycles. The van der Waals surface area contributed by atoms with Crippen LogP contribution in [-0.2, 0) is 6.42 Å². The number of rotatable bonds is 8. The van der Waals surface area contributed by atoms with Crippen LogP contribution in [0.2, 0.25) is 0 Å². The van der Waals surface area contributed by atoms with E-state index in [0.29, 0.717) is 31.4 Å². The van der Waals surface area contributed by atoms with E-state index in [1.807, 2.05) is 20.8 Å². The molecule has 0 aromatic carbocycles. The zero-order valence-corrected chi connectivity index (χ0v) is 12.6. The van der Waals surface area contributed by atoms with Crippen LogP contribution in [0.3, 0.4) is 0 Å². The summed E-state index contributed by atoms with van der Waals surface area (Å²) in [5.41, 5.74) is -1.19. The van der Waals surface area contributed by atoms with Crippen LogP contribution in [0.1, 0.15) is 56.2 Å². The van der Waals surface area contributed by atoms with E-state index >= 15 is 0 Å². The first-order valence-corrected chi connectivity index (χ1v) is 7.10. The minimum absolute atomic E-state index is 0.0337. The Balaban J connectivity index is 2.90. The third-order valence-corrected chi connectivity index (χ3v) is 3.60. The lowest BCUT2D eigenvalue weighted by atomic mass is 9.97. The Bertz CT molecular complexity index is 508. The lowest BCUT2D eigenvalue weighted by molar-refractivity contribution is -0.385. The molecule has 0 atom stereocenters. The number of H-pyrrole nitrogens is 1. The SMILES string of the molecule is CCCc1[nH]nc(C(=O)NCC(O)(CC)CC)c1[N+](=O)[O-]. The fourth-order valence-electron chi connectivity index (χ4n) is 1.98. The topological polar surface area (TPSA) is 121 Å². The van der Waals surface area contributed by atoms with E-state index in [0.717, 1.165) is 0 Å². The molecule has 0 spiro atoms. The quantitative estimate of drug-likeness (QED) is 0.496. The molecule has 0 aliphatic heterocycles. The number of aliphatic hydroxyl groups is 1. The smallest absolute Gasteiger partial charge is 0.322 e. The summed E-state index contributed by atoms with van der Waals surface area (Å²) < 4.78 is 0. The van der Waals surface area contributed by atoms with Gasteiger partial charge in [0.1, 0.15) is 5.69 Å². The van der Waals surface area contributed by atoms with Gasteiger partial charge in [0, 0.05) is 6.54 Å². The highest BCUT2D eigenvalue weighted by Crippen LogP contribution is 2.22. The summed E-state index contributed by atoms with van der Waals surface area (Å²) >= 11 is 0. The highest BCUT2D eigenvalue weighted by molar-refractivity contribution is 5.96. The van der Waals surface area contributed by atoms with Crippen molar-refractivity contribution in [2.24, 2.45) is 0 Å². The minimum Gasteiger partial charge on any atom is -0.388 e. The van der Waals surface area contributed by atoms with Crippen molar-refractivity contribution in [3.05, 3.63) is 21.5 Å². The Hall–Kier alpha value is -1.96. The number of nitro groups is 1. The van der Waals surface area contributed by atoms with E-state index in [-0.39, 0.29) is 17.9 Å². The fourth-order valence-corrected chi connectivity index (χ4v) is 1.98. The van der Waals surface area contributed by atoms with Gasteiger partial charge in [-0.05, 0) is 19.3 Å². The fraction of sp³-hybridized carbons (Fsp3) is 0.692. The monoisotopic (exact) mass is 298 g/mol. The van der Waals surface area contributed by atoms with Crippen LogP contribution >= 0.6 is 0 Å². The number of aromatic amines is 1. The maximum atomic E-state index is 12.1. The highest BCUT2D eigenvalue weighted by atomic mass is 16.6. The molecule has 1 rings (SSSR count).